The van der Waals surface area contributed by atoms with Gasteiger partial charge in [0.25, 0.3) is 5.56 Å². The summed E-state index contributed by atoms with van der Waals surface area (Å²) in [7, 11) is 2.98. The van der Waals surface area contributed by atoms with Gasteiger partial charge in [0.1, 0.15) is 25.1 Å². The molecule has 0 aliphatic carbocycles. The first-order valence-electron chi connectivity index (χ1n) is 8.89. The molecule has 0 radical (unpaired) electrons. The molecule has 140 valence electrons. The molecule has 0 bridgehead atoms. The Morgan fingerprint density at radius 2 is 1.85 bits per heavy atom. The SMILES string of the molecule is Cn1c(N2CCC[C@@H]2c2ccc3c(c2)OCCO3)c(C#N)c(=O)n(C)c1=O. The minimum Gasteiger partial charge on any atom is -0.486 e. The van der Waals surface area contributed by atoms with Crippen molar-refractivity contribution >= 4 is 5.82 Å². The number of aromatic nitrogens is 2. The van der Waals surface area contributed by atoms with E-state index in [1.165, 1.54) is 11.6 Å². The van der Waals surface area contributed by atoms with Gasteiger partial charge in [-0.15, -0.1) is 0 Å². The largest absolute Gasteiger partial charge is 0.486 e. The second kappa shape index (κ2) is 6.50. The van der Waals surface area contributed by atoms with Gasteiger partial charge in [0, 0.05) is 20.6 Å². The van der Waals surface area contributed by atoms with Crippen LogP contribution in [0.3, 0.4) is 0 Å². The van der Waals surface area contributed by atoms with Gasteiger partial charge in [-0.1, -0.05) is 6.07 Å². The fourth-order valence-electron chi connectivity index (χ4n) is 3.90. The fourth-order valence-corrected chi connectivity index (χ4v) is 3.90. The smallest absolute Gasteiger partial charge is 0.332 e. The lowest BCUT2D eigenvalue weighted by Crippen LogP contribution is -2.42. The van der Waals surface area contributed by atoms with E-state index < -0.39 is 11.2 Å². The number of nitriles is 1. The lowest BCUT2D eigenvalue weighted by molar-refractivity contribution is 0.171. The normalized spacial score (nSPS) is 18.4. The zero-order valence-corrected chi connectivity index (χ0v) is 15.3. The molecule has 0 amide bonds. The number of anilines is 1. The molecule has 1 atom stereocenters. The Labute approximate surface area is 155 Å². The van der Waals surface area contributed by atoms with E-state index in [-0.39, 0.29) is 11.6 Å². The van der Waals surface area contributed by atoms with Crippen LogP contribution in [0, 0.1) is 11.3 Å². The van der Waals surface area contributed by atoms with Gasteiger partial charge in [-0.05, 0) is 30.5 Å². The predicted octanol–water partition coefficient (Wildman–Crippen LogP) is 1.07. The lowest BCUT2D eigenvalue weighted by Gasteiger charge is -2.30. The number of hydrogen-bond donors (Lipinski definition) is 0. The monoisotopic (exact) mass is 368 g/mol. The Morgan fingerprint density at radius 3 is 2.59 bits per heavy atom. The Kier molecular flexibility index (Phi) is 4.15. The van der Waals surface area contributed by atoms with Gasteiger partial charge in [-0.2, -0.15) is 5.26 Å². The Morgan fingerprint density at radius 1 is 1.11 bits per heavy atom. The minimum atomic E-state index is -0.566. The van der Waals surface area contributed by atoms with Crippen LogP contribution in [0.2, 0.25) is 0 Å². The van der Waals surface area contributed by atoms with E-state index >= 15 is 0 Å². The van der Waals surface area contributed by atoms with Crippen molar-refractivity contribution in [3.05, 3.63) is 50.2 Å². The van der Waals surface area contributed by atoms with Crippen LogP contribution >= 0.6 is 0 Å². The molecule has 27 heavy (non-hydrogen) atoms. The van der Waals surface area contributed by atoms with Crippen LogP contribution < -0.4 is 25.6 Å². The molecule has 0 spiro atoms. The molecule has 2 aliphatic heterocycles. The summed E-state index contributed by atoms with van der Waals surface area (Å²) >= 11 is 0. The number of ether oxygens (including phenoxy) is 2. The predicted molar refractivity (Wildman–Crippen MR) is 98.4 cm³/mol. The van der Waals surface area contributed by atoms with E-state index in [1.54, 1.807) is 7.05 Å². The summed E-state index contributed by atoms with van der Waals surface area (Å²) < 4.78 is 13.6. The molecule has 8 heteroatoms. The lowest BCUT2D eigenvalue weighted by atomic mass is 10.0. The first-order valence-corrected chi connectivity index (χ1v) is 8.89. The molecule has 8 nitrogen and oxygen atoms in total. The average Bonchev–Trinajstić information content (AvgIpc) is 3.17. The first-order chi connectivity index (χ1) is 13.0. The third-order valence-corrected chi connectivity index (χ3v) is 5.22. The highest BCUT2D eigenvalue weighted by Gasteiger charge is 2.32. The maximum atomic E-state index is 12.4. The second-order valence-electron chi connectivity index (χ2n) is 6.77. The van der Waals surface area contributed by atoms with E-state index in [2.05, 4.69) is 0 Å². The fraction of sp³-hybridized carbons (Fsp3) is 0.421. The molecule has 0 N–H and O–H groups in total. The standard InChI is InChI=1S/C19H20N4O4/c1-21-17(13(11-20)18(24)22(2)19(21)25)23-7-3-4-14(23)12-5-6-15-16(10-12)27-9-8-26-15/h5-6,10,14H,3-4,7-9H2,1-2H3/t14-/m1/s1. The second-order valence-corrected chi connectivity index (χ2v) is 6.77. The van der Waals surface area contributed by atoms with Crippen molar-refractivity contribution in [2.24, 2.45) is 14.1 Å². The van der Waals surface area contributed by atoms with Gasteiger partial charge in [-0.3, -0.25) is 13.9 Å². The van der Waals surface area contributed by atoms with Gasteiger partial charge in [0.05, 0.1) is 6.04 Å². The Hall–Kier alpha value is -3.21. The van der Waals surface area contributed by atoms with Crippen molar-refractivity contribution in [1.82, 2.24) is 9.13 Å². The highest BCUT2D eigenvalue weighted by Crippen LogP contribution is 2.40. The number of rotatable bonds is 2. The molecule has 2 aromatic rings. The highest BCUT2D eigenvalue weighted by atomic mass is 16.6. The molecule has 1 saturated heterocycles. The van der Waals surface area contributed by atoms with Crippen molar-refractivity contribution in [2.75, 3.05) is 24.7 Å². The molecule has 2 aliphatic rings. The van der Waals surface area contributed by atoms with Crippen LogP contribution in [0.1, 0.15) is 30.0 Å². The molecule has 1 aromatic heterocycles. The van der Waals surface area contributed by atoms with E-state index in [0.717, 1.165) is 23.0 Å². The van der Waals surface area contributed by atoms with Crippen LogP contribution in [0.15, 0.2) is 27.8 Å². The van der Waals surface area contributed by atoms with Gasteiger partial charge in [0.2, 0.25) is 0 Å². The number of nitrogens with zero attached hydrogens (tertiary/aromatic N) is 4. The minimum absolute atomic E-state index is 0.0101. The molecule has 0 saturated carbocycles. The van der Waals surface area contributed by atoms with Crippen LogP contribution in [-0.2, 0) is 14.1 Å². The molecule has 4 rings (SSSR count). The summed E-state index contributed by atoms with van der Waals surface area (Å²) in [6, 6.07) is 7.75. The average molecular weight is 368 g/mol. The van der Waals surface area contributed by atoms with Gasteiger partial charge >= 0.3 is 5.69 Å². The number of fused-ring (bicyclic) bond motifs is 1. The molecular weight excluding hydrogens is 348 g/mol. The van der Waals surface area contributed by atoms with Crippen molar-refractivity contribution in [3.63, 3.8) is 0 Å². The summed E-state index contributed by atoms with van der Waals surface area (Å²) in [6.45, 7) is 1.70. The maximum Gasteiger partial charge on any atom is 0.332 e. The Bertz CT molecular complexity index is 1060. The third-order valence-electron chi connectivity index (χ3n) is 5.22. The van der Waals surface area contributed by atoms with Crippen molar-refractivity contribution in [1.29, 1.82) is 5.26 Å². The number of benzene rings is 1. The first kappa shape index (κ1) is 17.2. The summed E-state index contributed by atoms with van der Waals surface area (Å²) in [5.41, 5.74) is -0.0111. The van der Waals surface area contributed by atoms with Gasteiger partial charge < -0.3 is 14.4 Å². The van der Waals surface area contributed by atoms with Gasteiger partial charge in [-0.25, -0.2) is 4.79 Å². The molecule has 1 fully saturated rings. The summed E-state index contributed by atoms with van der Waals surface area (Å²) in [6.07, 6.45) is 1.75. The van der Waals surface area contributed by atoms with Gasteiger partial charge in [0.15, 0.2) is 17.1 Å². The topological polar surface area (TPSA) is 89.5 Å². The summed E-state index contributed by atoms with van der Waals surface area (Å²) in [5, 5.41) is 9.57. The summed E-state index contributed by atoms with van der Waals surface area (Å²) in [5.74, 6) is 1.79. The quantitative estimate of drug-likeness (QED) is 0.788. The van der Waals surface area contributed by atoms with Crippen molar-refractivity contribution in [3.8, 4) is 17.6 Å². The van der Waals surface area contributed by atoms with Crippen LogP contribution in [0.5, 0.6) is 11.5 Å². The van der Waals surface area contributed by atoms with Crippen molar-refractivity contribution in [2.45, 2.75) is 18.9 Å². The molecule has 3 heterocycles. The number of hydrogen-bond acceptors (Lipinski definition) is 6. The molecular formula is C19H20N4O4. The molecule has 0 unspecified atom stereocenters. The van der Waals surface area contributed by atoms with E-state index in [4.69, 9.17) is 9.47 Å². The van der Waals surface area contributed by atoms with E-state index in [0.29, 0.717) is 37.1 Å². The van der Waals surface area contributed by atoms with Crippen LogP contribution in [0.4, 0.5) is 5.82 Å². The summed E-state index contributed by atoms with van der Waals surface area (Å²) in [4.78, 5) is 26.9. The zero-order valence-electron chi connectivity index (χ0n) is 15.3. The zero-order chi connectivity index (χ0) is 19.1. The highest BCUT2D eigenvalue weighted by molar-refractivity contribution is 5.57. The Balaban J connectivity index is 1.83. The van der Waals surface area contributed by atoms with Crippen molar-refractivity contribution < 1.29 is 9.47 Å². The molecule has 1 aromatic carbocycles. The maximum absolute atomic E-state index is 12.4. The van der Waals surface area contributed by atoms with E-state index in [9.17, 15) is 14.9 Å². The van der Waals surface area contributed by atoms with E-state index in [1.807, 2.05) is 29.2 Å². The van der Waals surface area contributed by atoms with Crippen LogP contribution in [0.25, 0.3) is 0 Å². The van der Waals surface area contributed by atoms with Crippen LogP contribution in [-0.4, -0.2) is 28.9 Å². The third kappa shape index (κ3) is 2.67.